The Morgan fingerprint density at radius 3 is 1.57 bits per heavy atom. The molecule has 0 radical (unpaired) electrons. The van der Waals surface area contributed by atoms with Crippen LogP contribution in [0.3, 0.4) is 0 Å². The summed E-state index contributed by atoms with van der Waals surface area (Å²) in [5.41, 5.74) is 2.56. The van der Waals surface area contributed by atoms with E-state index in [4.69, 9.17) is 24.2 Å². The fourth-order valence-electron chi connectivity index (χ4n) is 11.9. The van der Waals surface area contributed by atoms with Gasteiger partial charge in [0, 0.05) is 55.1 Å². The van der Waals surface area contributed by atoms with Crippen LogP contribution < -0.4 is 20.4 Å². The van der Waals surface area contributed by atoms with E-state index < -0.39 is 77.8 Å². The molecule has 4 amide bonds. The number of anilines is 2. The Hall–Kier alpha value is -7.42. The number of imidazole rings is 2. The summed E-state index contributed by atoms with van der Waals surface area (Å²) in [6.45, 7) is 8.74. The molecule has 4 aromatic carbocycles. The predicted molar refractivity (Wildman–Crippen MR) is 279 cm³/mol. The highest BCUT2D eigenvalue weighted by molar-refractivity contribution is 5.88. The van der Waals surface area contributed by atoms with E-state index in [-0.39, 0.29) is 78.7 Å². The number of aromatic amines is 2. The summed E-state index contributed by atoms with van der Waals surface area (Å²) in [4.78, 5) is 75.2. The van der Waals surface area contributed by atoms with Gasteiger partial charge in [0.1, 0.15) is 47.2 Å². The van der Waals surface area contributed by atoms with Crippen molar-refractivity contribution in [2.45, 2.75) is 109 Å². The molecule has 6 aromatic rings. The van der Waals surface area contributed by atoms with Gasteiger partial charge >= 0.3 is 12.2 Å². The largest absolute Gasteiger partial charge is 0.453 e. The van der Waals surface area contributed by atoms with Crippen molar-refractivity contribution in [3.05, 3.63) is 118 Å². The number of halogens is 4. The minimum Gasteiger partial charge on any atom is -0.453 e. The summed E-state index contributed by atoms with van der Waals surface area (Å²) < 4.78 is 83.4. The van der Waals surface area contributed by atoms with E-state index in [0.717, 1.165) is 5.56 Å². The molecule has 4 fully saturated rings. The van der Waals surface area contributed by atoms with E-state index in [1.54, 1.807) is 31.7 Å². The number of H-pyrrole nitrogens is 2. The van der Waals surface area contributed by atoms with E-state index >= 15 is 17.6 Å². The summed E-state index contributed by atoms with van der Waals surface area (Å²) in [7, 11) is 2.46. The van der Waals surface area contributed by atoms with Crippen molar-refractivity contribution in [2.75, 3.05) is 56.8 Å². The Bertz CT molecular complexity index is 3020. The molecule has 408 valence electrons. The van der Waals surface area contributed by atoms with Gasteiger partial charge in [0.05, 0.1) is 67.1 Å². The van der Waals surface area contributed by atoms with Gasteiger partial charge in [-0.15, -0.1) is 0 Å². The number of alkyl carbamates (subject to hydrolysis) is 2. The van der Waals surface area contributed by atoms with Gasteiger partial charge in [-0.05, 0) is 80.2 Å². The number of hydrogen-bond donors (Lipinski definition) is 4. The number of ether oxygens (including phenoxy) is 3. The molecule has 7 atom stereocenters. The zero-order chi connectivity index (χ0) is 54.4. The Labute approximate surface area is 443 Å². The number of benzene rings is 4. The molecule has 0 saturated carbocycles. The maximum absolute atomic E-state index is 17.0. The number of likely N-dealkylation sites (tertiary alicyclic amines) is 2. The first-order valence-electron chi connectivity index (χ1n) is 26.4. The first-order valence-corrected chi connectivity index (χ1v) is 26.4. The zero-order valence-electron chi connectivity index (χ0n) is 43.9. The number of morpholine rings is 1. The number of fused-ring (bicyclic) bond motifs is 2. The zero-order valence-corrected chi connectivity index (χ0v) is 43.9. The third-order valence-electron chi connectivity index (χ3n) is 15.7. The number of nitrogens with zero attached hydrogens (tertiary/aromatic N) is 6. The summed E-state index contributed by atoms with van der Waals surface area (Å²) in [6, 6.07) is 13.2. The molecule has 2 aromatic heterocycles. The van der Waals surface area contributed by atoms with E-state index in [9.17, 15) is 19.2 Å². The average Bonchev–Trinajstić information content (AvgIpc) is 4.32. The number of carbonyl (C=O) groups excluding carboxylic acids is 4. The van der Waals surface area contributed by atoms with Crippen LogP contribution in [0.1, 0.15) is 125 Å². The van der Waals surface area contributed by atoms with E-state index in [0.29, 0.717) is 72.5 Å². The van der Waals surface area contributed by atoms with Crippen molar-refractivity contribution >= 4 is 57.4 Å². The van der Waals surface area contributed by atoms with Gasteiger partial charge < -0.3 is 54.4 Å². The number of amides is 4. The number of hydrogen-bond acceptors (Lipinski definition) is 11. The second-order valence-electron chi connectivity index (χ2n) is 21.1. The standard InChI is InChI=1S/C56H64F4N10O7/c1-29(2)48(65-55(73)75-5)53(71)68-18-10-14-45(68)51-61-39-24-33(35(57)26-41(39)63-51)43-16-17-44(70(43)32-22-37(59)50(38(60)23-32)67-20-21-77-47(28-67)31-12-8-7-9-13-31)34-25-40-42(27-36(34)58)64-52(62-40)46-15-11-19-69(46)54(72)49(30(3)4)66-56(74)76-6/h7-9,12-13,22-27,29-30,43-49H,10-11,14-21,28H2,1-6H3,(H,61,63)(H,62,64)(H,65,73)(H,66,74)/t43-,44-,45+,46+,47-,48+,49+/m1/s1. The molecule has 21 heteroatoms. The molecular weight excluding hydrogens is 1000 g/mol. The second kappa shape index (κ2) is 21.9. The highest BCUT2D eigenvalue weighted by Gasteiger charge is 2.43. The topological polar surface area (TPSA) is 190 Å². The lowest BCUT2D eigenvalue weighted by Gasteiger charge is -2.36. The van der Waals surface area contributed by atoms with Gasteiger partial charge in [-0.25, -0.2) is 37.1 Å². The van der Waals surface area contributed by atoms with Crippen LogP contribution in [0, 0.1) is 35.1 Å². The van der Waals surface area contributed by atoms with Crippen molar-refractivity contribution in [3.8, 4) is 0 Å². The highest BCUT2D eigenvalue weighted by Crippen LogP contribution is 2.50. The van der Waals surface area contributed by atoms with Crippen LogP contribution in [-0.2, 0) is 23.8 Å². The van der Waals surface area contributed by atoms with Gasteiger partial charge in [-0.3, -0.25) is 9.59 Å². The molecule has 0 bridgehead atoms. The Kier molecular flexibility index (Phi) is 15.1. The van der Waals surface area contributed by atoms with Crippen LogP contribution >= 0.6 is 0 Å². The van der Waals surface area contributed by atoms with Crippen molar-refractivity contribution < 1.29 is 51.0 Å². The molecular formula is C56H64F4N10O7. The normalized spacial score (nSPS) is 21.6. The van der Waals surface area contributed by atoms with E-state index in [1.165, 1.54) is 38.5 Å². The van der Waals surface area contributed by atoms with Crippen LogP contribution in [0.25, 0.3) is 22.1 Å². The summed E-state index contributed by atoms with van der Waals surface area (Å²) >= 11 is 0. The van der Waals surface area contributed by atoms with Crippen molar-refractivity contribution in [2.24, 2.45) is 11.8 Å². The molecule has 4 aliphatic heterocycles. The molecule has 6 heterocycles. The third kappa shape index (κ3) is 10.3. The minimum atomic E-state index is -0.870. The van der Waals surface area contributed by atoms with Crippen LogP contribution in [-0.4, -0.2) is 113 Å². The predicted octanol–water partition coefficient (Wildman–Crippen LogP) is 9.74. The molecule has 0 unspecified atom stereocenters. The van der Waals surface area contributed by atoms with Crippen LogP contribution in [0.15, 0.2) is 66.7 Å². The van der Waals surface area contributed by atoms with Crippen molar-refractivity contribution in [3.63, 3.8) is 0 Å². The monoisotopic (exact) mass is 1060 g/mol. The molecule has 10 rings (SSSR count). The number of methoxy groups -OCH3 is 2. The maximum Gasteiger partial charge on any atom is 0.407 e. The minimum absolute atomic E-state index is 0.0690. The van der Waals surface area contributed by atoms with Gasteiger partial charge in [0.15, 0.2) is 11.6 Å². The quantitative estimate of drug-likeness (QED) is 0.0806. The smallest absolute Gasteiger partial charge is 0.407 e. The van der Waals surface area contributed by atoms with Crippen molar-refractivity contribution in [1.82, 2.24) is 40.4 Å². The SMILES string of the molecule is COC(=O)N[C@H](C(=O)N1CCC[C@H]1c1nc2cc(F)c([C@H]3CC[C@H](c4cc5[nH]c([C@@H]6CCCN6C(=O)[C@@H](NC(=O)OC)C(C)C)nc5cc4F)N3c3cc(F)c(N4CCO[C@@H](c5ccccc5)C4)c(F)c3)cc2[nH]1)C(C)C. The number of rotatable bonds is 13. The van der Waals surface area contributed by atoms with E-state index in [1.807, 2.05) is 58.0 Å². The summed E-state index contributed by atoms with van der Waals surface area (Å²) in [5, 5.41) is 5.30. The lowest BCUT2D eigenvalue weighted by Crippen LogP contribution is -2.51. The van der Waals surface area contributed by atoms with Gasteiger partial charge in [0.2, 0.25) is 11.8 Å². The summed E-state index contributed by atoms with van der Waals surface area (Å²) in [5.74, 6) is -3.25. The molecule has 4 saturated heterocycles. The first kappa shape index (κ1) is 53.0. The maximum atomic E-state index is 17.0. The van der Waals surface area contributed by atoms with Crippen LogP contribution in [0.5, 0.6) is 0 Å². The molecule has 77 heavy (non-hydrogen) atoms. The van der Waals surface area contributed by atoms with Crippen LogP contribution in [0.2, 0.25) is 0 Å². The second-order valence-corrected chi connectivity index (χ2v) is 21.1. The summed E-state index contributed by atoms with van der Waals surface area (Å²) in [6.07, 6.45) is 1.04. The lowest BCUT2D eigenvalue weighted by atomic mass is 10.0. The Morgan fingerprint density at radius 2 is 1.12 bits per heavy atom. The average molecular weight is 1070 g/mol. The lowest BCUT2D eigenvalue weighted by molar-refractivity contribution is -0.136. The fraction of sp³-hybridized carbons (Fsp3) is 0.464. The molecule has 17 nitrogen and oxygen atoms in total. The van der Waals surface area contributed by atoms with Gasteiger partial charge in [-0.1, -0.05) is 58.0 Å². The van der Waals surface area contributed by atoms with Crippen molar-refractivity contribution in [1.29, 1.82) is 0 Å². The number of aromatic nitrogens is 4. The molecule has 4 aliphatic rings. The number of carbonyl (C=O) groups is 4. The third-order valence-corrected chi connectivity index (χ3v) is 15.7. The molecule has 0 aliphatic carbocycles. The highest BCUT2D eigenvalue weighted by atomic mass is 19.1. The fourth-order valence-corrected chi connectivity index (χ4v) is 11.9. The number of nitrogens with one attached hydrogen (secondary N) is 4. The van der Waals surface area contributed by atoms with Gasteiger partial charge in [-0.2, -0.15) is 0 Å². The Balaban J connectivity index is 1.01. The first-order chi connectivity index (χ1) is 37.0. The molecule has 0 spiro atoms. The van der Waals surface area contributed by atoms with Crippen LogP contribution in [0.4, 0.5) is 38.5 Å². The Morgan fingerprint density at radius 1 is 0.636 bits per heavy atom. The van der Waals surface area contributed by atoms with Gasteiger partial charge in [0.25, 0.3) is 0 Å². The van der Waals surface area contributed by atoms with E-state index in [2.05, 4.69) is 20.6 Å². The molecule has 4 N–H and O–H groups in total.